The summed E-state index contributed by atoms with van der Waals surface area (Å²) < 4.78 is 5.33. The molecule has 0 unspecified atom stereocenters. The summed E-state index contributed by atoms with van der Waals surface area (Å²) in [7, 11) is 0. The Morgan fingerprint density at radius 1 is 1.47 bits per heavy atom. The number of hydrogen-bond acceptors (Lipinski definition) is 3. The third kappa shape index (κ3) is 2.09. The maximum absolute atomic E-state index is 11.9. The van der Waals surface area contributed by atoms with Crippen molar-refractivity contribution in [2.24, 2.45) is 5.92 Å². The van der Waals surface area contributed by atoms with Gasteiger partial charge in [0, 0.05) is 6.04 Å². The number of rotatable bonds is 1. The van der Waals surface area contributed by atoms with E-state index in [0.29, 0.717) is 12.0 Å². The van der Waals surface area contributed by atoms with Gasteiger partial charge in [0.1, 0.15) is 5.60 Å². The van der Waals surface area contributed by atoms with Gasteiger partial charge in [-0.1, -0.05) is 0 Å². The molecule has 0 aromatic carbocycles. The normalized spacial score (nSPS) is 33.9. The van der Waals surface area contributed by atoms with Crippen molar-refractivity contribution in [3.63, 3.8) is 0 Å². The van der Waals surface area contributed by atoms with Crippen LogP contribution in [0.4, 0.5) is 4.79 Å². The van der Waals surface area contributed by atoms with Crippen LogP contribution in [0.1, 0.15) is 33.6 Å². The maximum Gasteiger partial charge on any atom is 0.410 e. The first-order chi connectivity index (χ1) is 6.92. The summed E-state index contributed by atoms with van der Waals surface area (Å²) in [6.45, 7) is 5.63. The van der Waals surface area contributed by atoms with Crippen molar-refractivity contribution in [1.29, 1.82) is 0 Å². The lowest BCUT2D eigenvalue weighted by molar-refractivity contribution is 0.0126. The Morgan fingerprint density at radius 3 is 2.67 bits per heavy atom. The molecule has 15 heavy (non-hydrogen) atoms. The van der Waals surface area contributed by atoms with Gasteiger partial charge in [-0.2, -0.15) is 0 Å². The number of carbonyl (C=O) groups excluding carboxylic acids is 1. The van der Waals surface area contributed by atoms with E-state index in [9.17, 15) is 9.90 Å². The van der Waals surface area contributed by atoms with Crippen LogP contribution < -0.4 is 0 Å². The van der Waals surface area contributed by atoms with E-state index in [2.05, 4.69) is 0 Å². The molecule has 4 heteroatoms. The first-order valence-electron chi connectivity index (χ1n) is 5.54. The highest BCUT2D eigenvalue weighted by atomic mass is 16.6. The van der Waals surface area contributed by atoms with Crippen LogP contribution >= 0.6 is 0 Å². The molecule has 2 fully saturated rings. The van der Waals surface area contributed by atoms with Crippen LogP contribution in [0.15, 0.2) is 0 Å². The Kier molecular flexibility index (Phi) is 2.41. The van der Waals surface area contributed by atoms with Crippen molar-refractivity contribution in [3.05, 3.63) is 0 Å². The average Bonchev–Trinajstić information content (AvgIpc) is 2.73. The van der Waals surface area contributed by atoms with Gasteiger partial charge in [-0.3, -0.25) is 4.90 Å². The number of fused-ring (bicyclic) bond motifs is 1. The molecule has 0 spiro atoms. The second-order valence-electron chi connectivity index (χ2n) is 5.52. The molecule has 2 rings (SSSR count). The van der Waals surface area contributed by atoms with Crippen LogP contribution in [0.25, 0.3) is 0 Å². The quantitative estimate of drug-likeness (QED) is 0.715. The van der Waals surface area contributed by atoms with E-state index < -0.39 is 5.60 Å². The molecule has 4 nitrogen and oxygen atoms in total. The van der Waals surface area contributed by atoms with Gasteiger partial charge in [-0.05, 0) is 39.5 Å². The van der Waals surface area contributed by atoms with Gasteiger partial charge >= 0.3 is 6.09 Å². The fourth-order valence-electron chi connectivity index (χ4n) is 2.32. The minimum atomic E-state index is -0.454. The molecular weight excluding hydrogens is 194 g/mol. The molecule has 1 heterocycles. The third-order valence-corrected chi connectivity index (χ3v) is 3.03. The van der Waals surface area contributed by atoms with Crippen molar-refractivity contribution in [2.45, 2.75) is 51.3 Å². The fourth-order valence-corrected chi connectivity index (χ4v) is 2.32. The van der Waals surface area contributed by atoms with Crippen LogP contribution in [-0.4, -0.2) is 40.4 Å². The molecule has 86 valence electrons. The largest absolute Gasteiger partial charge is 0.444 e. The number of nitrogens with zero attached hydrogens (tertiary/aromatic N) is 1. The van der Waals surface area contributed by atoms with E-state index in [1.54, 1.807) is 4.90 Å². The first kappa shape index (κ1) is 10.7. The van der Waals surface area contributed by atoms with Gasteiger partial charge in [0.2, 0.25) is 0 Å². The second kappa shape index (κ2) is 3.37. The van der Waals surface area contributed by atoms with Crippen LogP contribution in [0.3, 0.4) is 0 Å². The number of likely N-dealkylation sites (tertiary alicyclic amines) is 1. The molecule has 1 N–H and O–H groups in total. The zero-order chi connectivity index (χ0) is 11.2. The molecule has 2 aliphatic rings. The maximum atomic E-state index is 11.9. The van der Waals surface area contributed by atoms with E-state index in [-0.39, 0.29) is 18.7 Å². The molecular formula is C11H19NO3. The molecule has 1 saturated heterocycles. The minimum Gasteiger partial charge on any atom is -0.444 e. The minimum absolute atomic E-state index is 0.0244. The molecule has 1 aliphatic carbocycles. The standard InChI is InChI=1S/C11H19NO3/c1-11(2,3)15-10(14)12-8(6-13)4-7-5-9(7)12/h7-9,13H,4-6H2,1-3H3/t7-,8-,9+/m0/s1. The lowest BCUT2D eigenvalue weighted by atomic mass is 10.2. The summed E-state index contributed by atoms with van der Waals surface area (Å²) >= 11 is 0. The van der Waals surface area contributed by atoms with Gasteiger partial charge in [-0.15, -0.1) is 0 Å². The summed E-state index contributed by atoms with van der Waals surface area (Å²) in [4.78, 5) is 13.6. The third-order valence-electron chi connectivity index (χ3n) is 3.03. The van der Waals surface area contributed by atoms with Crippen LogP contribution in [0.5, 0.6) is 0 Å². The fraction of sp³-hybridized carbons (Fsp3) is 0.909. The Morgan fingerprint density at radius 2 is 2.13 bits per heavy atom. The van der Waals surface area contributed by atoms with E-state index in [0.717, 1.165) is 12.8 Å². The molecule has 0 aromatic rings. The van der Waals surface area contributed by atoms with Crippen molar-refractivity contribution in [1.82, 2.24) is 4.90 Å². The zero-order valence-electron chi connectivity index (χ0n) is 9.56. The summed E-state index contributed by atoms with van der Waals surface area (Å²) in [5, 5.41) is 9.17. The molecule has 1 saturated carbocycles. The average molecular weight is 213 g/mol. The molecule has 0 bridgehead atoms. The number of piperidine rings is 1. The van der Waals surface area contributed by atoms with Gasteiger partial charge in [0.15, 0.2) is 0 Å². The summed E-state index contributed by atoms with van der Waals surface area (Å²) in [6.07, 6.45) is 1.74. The molecule has 1 aliphatic heterocycles. The van der Waals surface area contributed by atoms with Crippen LogP contribution in [-0.2, 0) is 4.74 Å². The summed E-state index contributed by atoms with van der Waals surface area (Å²) in [5.74, 6) is 0.606. The second-order valence-corrected chi connectivity index (χ2v) is 5.52. The van der Waals surface area contributed by atoms with Crippen molar-refractivity contribution in [2.75, 3.05) is 6.61 Å². The number of ether oxygens (including phenoxy) is 1. The van der Waals surface area contributed by atoms with Crippen molar-refractivity contribution < 1.29 is 14.6 Å². The van der Waals surface area contributed by atoms with E-state index >= 15 is 0 Å². The smallest absolute Gasteiger partial charge is 0.410 e. The first-order valence-corrected chi connectivity index (χ1v) is 5.54. The number of aliphatic hydroxyl groups excluding tert-OH is 1. The predicted molar refractivity (Wildman–Crippen MR) is 55.5 cm³/mol. The van der Waals surface area contributed by atoms with E-state index in [1.165, 1.54) is 0 Å². The highest BCUT2D eigenvalue weighted by Gasteiger charge is 2.54. The van der Waals surface area contributed by atoms with Gasteiger partial charge in [0.25, 0.3) is 0 Å². The summed E-state index contributed by atoms with van der Waals surface area (Å²) in [5.41, 5.74) is -0.454. The SMILES string of the molecule is CC(C)(C)OC(=O)N1[C@H](CO)C[C@H]2C[C@H]21. The highest BCUT2D eigenvalue weighted by molar-refractivity contribution is 5.70. The van der Waals surface area contributed by atoms with Gasteiger partial charge in [-0.25, -0.2) is 4.79 Å². The van der Waals surface area contributed by atoms with E-state index in [4.69, 9.17) is 4.74 Å². The topological polar surface area (TPSA) is 49.8 Å². The molecule has 3 atom stereocenters. The number of amides is 1. The summed E-state index contributed by atoms with van der Waals surface area (Å²) in [6, 6.07) is 0.306. The van der Waals surface area contributed by atoms with Gasteiger partial charge < -0.3 is 9.84 Å². The number of aliphatic hydroxyl groups is 1. The van der Waals surface area contributed by atoms with Crippen molar-refractivity contribution in [3.8, 4) is 0 Å². The molecule has 0 aromatic heterocycles. The Balaban J connectivity index is 1.99. The number of carbonyl (C=O) groups is 1. The zero-order valence-corrected chi connectivity index (χ0v) is 9.56. The Bertz CT molecular complexity index is 271. The molecule has 0 radical (unpaired) electrons. The van der Waals surface area contributed by atoms with Gasteiger partial charge in [0.05, 0.1) is 12.6 Å². The molecule has 1 amide bonds. The monoisotopic (exact) mass is 213 g/mol. The Hall–Kier alpha value is -0.770. The highest BCUT2D eigenvalue weighted by Crippen LogP contribution is 2.48. The van der Waals surface area contributed by atoms with E-state index in [1.807, 2.05) is 20.8 Å². The lowest BCUT2D eigenvalue weighted by Crippen LogP contribution is -2.43. The Labute approximate surface area is 90.2 Å². The van der Waals surface area contributed by atoms with Crippen LogP contribution in [0, 0.1) is 5.92 Å². The predicted octanol–water partition coefficient (Wildman–Crippen LogP) is 1.38. The lowest BCUT2D eigenvalue weighted by Gasteiger charge is -2.29. The van der Waals surface area contributed by atoms with Crippen molar-refractivity contribution >= 4 is 6.09 Å². The number of hydrogen-bond donors (Lipinski definition) is 1. The van der Waals surface area contributed by atoms with Crippen LogP contribution in [0.2, 0.25) is 0 Å².